The maximum Gasteiger partial charge on any atom is 0.240 e. The van der Waals surface area contributed by atoms with Crippen LogP contribution in [0.1, 0.15) is 37.0 Å². The van der Waals surface area contributed by atoms with Crippen molar-refractivity contribution in [1.82, 2.24) is 5.32 Å². The number of carbonyl (C=O) groups is 3. The predicted molar refractivity (Wildman–Crippen MR) is 75.9 cm³/mol. The van der Waals surface area contributed by atoms with Gasteiger partial charge in [-0.05, 0) is 18.1 Å². The molecule has 5 nitrogen and oxygen atoms in total. The van der Waals surface area contributed by atoms with Gasteiger partial charge in [-0.2, -0.15) is 0 Å². The summed E-state index contributed by atoms with van der Waals surface area (Å²) in [4.78, 5) is 34.7. The van der Waals surface area contributed by atoms with Gasteiger partial charge in [0.2, 0.25) is 11.8 Å². The van der Waals surface area contributed by atoms with Crippen LogP contribution in [-0.2, 0) is 9.59 Å². The highest BCUT2D eigenvalue weighted by Crippen LogP contribution is 2.13. The molecule has 1 atom stereocenters. The van der Waals surface area contributed by atoms with Crippen LogP contribution in [0, 0.1) is 17.6 Å². The fraction of sp³-hybridized carbons (Fsp3) is 0.400. The zero-order chi connectivity index (χ0) is 16.9. The number of primary amides is 1. The van der Waals surface area contributed by atoms with Crippen molar-refractivity contribution in [3.8, 4) is 0 Å². The van der Waals surface area contributed by atoms with Crippen LogP contribution in [0.5, 0.6) is 0 Å². The standard InChI is InChI=1S/C15H18F2N2O3/c1-8(2)14(15(18)22)19-13(21)6-5-12(20)10-4-3-9(16)7-11(10)17/h3-4,7-8,14H,5-6H2,1-2H3,(H2,18,22)(H,19,21). The van der Waals surface area contributed by atoms with Gasteiger partial charge >= 0.3 is 0 Å². The Morgan fingerprint density at radius 1 is 1.18 bits per heavy atom. The van der Waals surface area contributed by atoms with Crippen molar-refractivity contribution < 1.29 is 23.2 Å². The summed E-state index contributed by atoms with van der Waals surface area (Å²) in [7, 11) is 0. The average Bonchev–Trinajstić information content (AvgIpc) is 2.41. The number of benzene rings is 1. The van der Waals surface area contributed by atoms with E-state index >= 15 is 0 Å². The Morgan fingerprint density at radius 3 is 2.32 bits per heavy atom. The molecular weight excluding hydrogens is 294 g/mol. The van der Waals surface area contributed by atoms with E-state index in [0.29, 0.717) is 6.07 Å². The molecule has 0 aliphatic heterocycles. The van der Waals surface area contributed by atoms with Crippen LogP contribution < -0.4 is 11.1 Å². The van der Waals surface area contributed by atoms with E-state index < -0.39 is 35.3 Å². The number of ketones is 1. The van der Waals surface area contributed by atoms with Gasteiger partial charge in [0.1, 0.15) is 17.7 Å². The molecule has 0 saturated carbocycles. The van der Waals surface area contributed by atoms with Crippen molar-refractivity contribution in [1.29, 1.82) is 0 Å². The molecule has 0 aliphatic carbocycles. The van der Waals surface area contributed by atoms with Crippen molar-refractivity contribution in [2.75, 3.05) is 0 Å². The summed E-state index contributed by atoms with van der Waals surface area (Å²) < 4.78 is 26.2. The fourth-order valence-corrected chi connectivity index (χ4v) is 1.89. The van der Waals surface area contributed by atoms with Crippen molar-refractivity contribution in [3.05, 3.63) is 35.4 Å². The molecule has 120 valence electrons. The molecule has 2 amide bonds. The van der Waals surface area contributed by atoms with E-state index in [2.05, 4.69) is 5.32 Å². The first kappa shape index (κ1) is 17.7. The second kappa shape index (κ2) is 7.63. The van der Waals surface area contributed by atoms with Crippen LogP contribution in [-0.4, -0.2) is 23.6 Å². The third-order valence-electron chi connectivity index (χ3n) is 3.10. The van der Waals surface area contributed by atoms with Gasteiger partial charge in [0.15, 0.2) is 5.78 Å². The largest absolute Gasteiger partial charge is 0.368 e. The first-order valence-corrected chi connectivity index (χ1v) is 6.79. The van der Waals surface area contributed by atoms with Crippen LogP contribution in [0.15, 0.2) is 18.2 Å². The van der Waals surface area contributed by atoms with E-state index in [0.717, 1.165) is 12.1 Å². The summed E-state index contributed by atoms with van der Waals surface area (Å²) >= 11 is 0. The van der Waals surface area contributed by atoms with E-state index in [1.165, 1.54) is 0 Å². The maximum atomic E-state index is 13.4. The minimum absolute atomic E-state index is 0.188. The Hall–Kier alpha value is -2.31. The van der Waals surface area contributed by atoms with Gasteiger partial charge in [-0.25, -0.2) is 8.78 Å². The number of nitrogens with one attached hydrogen (secondary N) is 1. The predicted octanol–water partition coefficient (Wildman–Crippen LogP) is 1.55. The van der Waals surface area contributed by atoms with E-state index in [9.17, 15) is 23.2 Å². The lowest BCUT2D eigenvalue weighted by atomic mass is 10.0. The molecule has 3 N–H and O–H groups in total. The van der Waals surface area contributed by atoms with Gasteiger partial charge in [0.25, 0.3) is 0 Å². The van der Waals surface area contributed by atoms with E-state index in [1.807, 2.05) is 0 Å². The molecule has 22 heavy (non-hydrogen) atoms. The molecule has 0 aliphatic rings. The zero-order valence-corrected chi connectivity index (χ0v) is 12.4. The highest BCUT2D eigenvalue weighted by atomic mass is 19.1. The second-order valence-corrected chi connectivity index (χ2v) is 5.24. The Kier molecular flexibility index (Phi) is 6.15. The fourth-order valence-electron chi connectivity index (χ4n) is 1.89. The van der Waals surface area contributed by atoms with Crippen LogP contribution >= 0.6 is 0 Å². The van der Waals surface area contributed by atoms with Crippen molar-refractivity contribution >= 4 is 17.6 Å². The number of rotatable bonds is 7. The van der Waals surface area contributed by atoms with Crippen molar-refractivity contribution in [3.63, 3.8) is 0 Å². The van der Waals surface area contributed by atoms with Gasteiger partial charge in [-0.3, -0.25) is 14.4 Å². The Labute approximate surface area is 126 Å². The first-order valence-electron chi connectivity index (χ1n) is 6.79. The number of Topliss-reactive ketones (excluding diaryl/α,β-unsaturated/α-hetero) is 1. The molecular formula is C15H18F2N2O3. The summed E-state index contributed by atoms with van der Waals surface area (Å²) in [5.41, 5.74) is 4.89. The number of hydrogen-bond acceptors (Lipinski definition) is 3. The molecule has 0 heterocycles. The highest BCUT2D eigenvalue weighted by molar-refractivity contribution is 5.98. The summed E-state index contributed by atoms with van der Waals surface area (Å²) in [5.74, 6) is -3.76. The monoisotopic (exact) mass is 312 g/mol. The maximum absolute atomic E-state index is 13.4. The van der Waals surface area contributed by atoms with E-state index in [-0.39, 0.29) is 24.3 Å². The van der Waals surface area contributed by atoms with Gasteiger partial charge in [-0.15, -0.1) is 0 Å². The first-order chi connectivity index (χ1) is 10.2. The number of nitrogens with two attached hydrogens (primary N) is 1. The van der Waals surface area contributed by atoms with Crippen molar-refractivity contribution in [2.45, 2.75) is 32.7 Å². The number of hydrogen-bond donors (Lipinski definition) is 2. The van der Waals surface area contributed by atoms with E-state index in [4.69, 9.17) is 5.73 Å². The van der Waals surface area contributed by atoms with Gasteiger partial charge in [0.05, 0.1) is 5.56 Å². The Morgan fingerprint density at radius 2 is 1.82 bits per heavy atom. The highest BCUT2D eigenvalue weighted by Gasteiger charge is 2.22. The summed E-state index contributed by atoms with van der Waals surface area (Å²) in [6.45, 7) is 3.43. The molecule has 0 bridgehead atoms. The molecule has 0 fully saturated rings. The molecule has 1 rings (SSSR count). The number of carbonyl (C=O) groups excluding carboxylic acids is 3. The summed E-state index contributed by atoms with van der Waals surface area (Å²) in [5, 5.41) is 2.43. The molecule has 1 aromatic rings. The molecule has 1 unspecified atom stereocenters. The van der Waals surface area contributed by atoms with Crippen LogP contribution in [0.2, 0.25) is 0 Å². The molecule has 0 spiro atoms. The smallest absolute Gasteiger partial charge is 0.240 e. The number of amides is 2. The lowest BCUT2D eigenvalue weighted by Crippen LogP contribution is -2.47. The minimum atomic E-state index is -0.970. The van der Waals surface area contributed by atoms with Crippen LogP contribution in [0.4, 0.5) is 8.78 Å². The Bertz CT molecular complexity index is 588. The zero-order valence-electron chi connectivity index (χ0n) is 12.4. The van der Waals surface area contributed by atoms with Gasteiger partial charge in [-0.1, -0.05) is 13.8 Å². The lowest BCUT2D eigenvalue weighted by molar-refractivity contribution is -0.128. The average molecular weight is 312 g/mol. The Balaban J connectivity index is 2.60. The third kappa shape index (κ3) is 4.91. The molecule has 0 saturated heterocycles. The normalized spacial score (nSPS) is 12.0. The lowest BCUT2D eigenvalue weighted by Gasteiger charge is -2.18. The SMILES string of the molecule is CC(C)C(NC(=O)CCC(=O)c1ccc(F)cc1F)C(N)=O. The van der Waals surface area contributed by atoms with Gasteiger partial charge < -0.3 is 11.1 Å². The summed E-state index contributed by atoms with van der Waals surface area (Å²) in [6, 6.07) is 1.78. The summed E-state index contributed by atoms with van der Waals surface area (Å²) in [6.07, 6.45) is -0.468. The molecule has 0 aromatic heterocycles. The van der Waals surface area contributed by atoms with Crippen LogP contribution in [0.3, 0.4) is 0 Å². The topological polar surface area (TPSA) is 89.3 Å². The quantitative estimate of drug-likeness (QED) is 0.749. The van der Waals surface area contributed by atoms with Crippen LogP contribution in [0.25, 0.3) is 0 Å². The minimum Gasteiger partial charge on any atom is -0.368 e. The number of halogens is 2. The molecule has 0 radical (unpaired) electrons. The molecule has 7 heteroatoms. The van der Waals surface area contributed by atoms with E-state index in [1.54, 1.807) is 13.8 Å². The molecule has 1 aromatic carbocycles. The second-order valence-electron chi connectivity index (χ2n) is 5.24. The van der Waals surface area contributed by atoms with Crippen molar-refractivity contribution in [2.24, 2.45) is 11.7 Å². The third-order valence-corrected chi connectivity index (χ3v) is 3.10. The van der Waals surface area contributed by atoms with Gasteiger partial charge in [0, 0.05) is 18.9 Å².